The number of carbonyl (C=O) groups is 2. The van der Waals surface area contributed by atoms with E-state index in [1.165, 1.54) is 0 Å². The van der Waals surface area contributed by atoms with Gasteiger partial charge in [-0.25, -0.2) is 0 Å². The van der Waals surface area contributed by atoms with Crippen molar-refractivity contribution in [1.82, 2.24) is 10.2 Å². The highest BCUT2D eigenvalue weighted by atomic mass is 16.5. The summed E-state index contributed by atoms with van der Waals surface area (Å²) < 4.78 is 5.30. The molecule has 3 N–H and O–H groups in total. The SMILES string of the molecule is CC(C)NC(=O)C1COCCN1C(=O)C1(N)CC1. The Morgan fingerprint density at radius 1 is 1.44 bits per heavy atom. The van der Waals surface area contributed by atoms with Crippen LogP contribution in [0.1, 0.15) is 26.7 Å². The Labute approximate surface area is 107 Å². The maximum atomic E-state index is 12.2. The molecule has 1 unspecified atom stereocenters. The predicted octanol–water partition coefficient (Wildman–Crippen LogP) is -0.770. The summed E-state index contributed by atoms with van der Waals surface area (Å²) in [5, 5.41) is 2.82. The van der Waals surface area contributed by atoms with Crippen LogP contribution in [-0.2, 0) is 14.3 Å². The minimum absolute atomic E-state index is 0.0455. The molecule has 1 saturated carbocycles. The highest BCUT2D eigenvalue weighted by molar-refractivity contribution is 5.94. The van der Waals surface area contributed by atoms with Gasteiger partial charge in [0.25, 0.3) is 0 Å². The second kappa shape index (κ2) is 4.85. The lowest BCUT2D eigenvalue weighted by atomic mass is 10.1. The summed E-state index contributed by atoms with van der Waals surface area (Å²) in [6.45, 7) is 4.93. The summed E-state index contributed by atoms with van der Waals surface area (Å²) in [7, 11) is 0. The van der Waals surface area contributed by atoms with E-state index < -0.39 is 11.6 Å². The lowest BCUT2D eigenvalue weighted by Crippen LogP contribution is -2.60. The second-order valence-electron chi connectivity index (χ2n) is 5.41. The largest absolute Gasteiger partial charge is 0.377 e. The summed E-state index contributed by atoms with van der Waals surface area (Å²) in [5.41, 5.74) is 5.19. The molecule has 102 valence electrons. The quantitative estimate of drug-likeness (QED) is 0.693. The molecule has 2 rings (SSSR count). The fourth-order valence-electron chi connectivity index (χ4n) is 2.08. The molecule has 18 heavy (non-hydrogen) atoms. The summed E-state index contributed by atoms with van der Waals surface area (Å²) in [5.74, 6) is -0.281. The number of rotatable bonds is 3. The van der Waals surface area contributed by atoms with Gasteiger partial charge < -0.3 is 20.7 Å². The fourth-order valence-corrected chi connectivity index (χ4v) is 2.08. The Bertz CT molecular complexity index is 352. The Kier molecular flexibility index (Phi) is 3.59. The van der Waals surface area contributed by atoms with Crippen molar-refractivity contribution in [3.05, 3.63) is 0 Å². The summed E-state index contributed by atoms with van der Waals surface area (Å²) >= 11 is 0. The van der Waals surface area contributed by atoms with Crippen molar-refractivity contribution in [2.45, 2.75) is 44.3 Å². The van der Waals surface area contributed by atoms with Crippen LogP contribution in [0.25, 0.3) is 0 Å². The van der Waals surface area contributed by atoms with E-state index in [1.54, 1.807) is 4.90 Å². The molecular weight excluding hydrogens is 234 g/mol. The molecule has 2 fully saturated rings. The zero-order valence-electron chi connectivity index (χ0n) is 10.9. The highest BCUT2D eigenvalue weighted by Crippen LogP contribution is 2.35. The third-order valence-corrected chi connectivity index (χ3v) is 3.34. The molecule has 6 nitrogen and oxygen atoms in total. The Hall–Kier alpha value is -1.14. The summed E-state index contributed by atoms with van der Waals surface area (Å²) in [4.78, 5) is 25.9. The number of nitrogens with one attached hydrogen (secondary N) is 1. The van der Waals surface area contributed by atoms with Gasteiger partial charge in [-0.05, 0) is 26.7 Å². The first-order chi connectivity index (χ1) is 8.44. The average molecular weight is 255 g/mol. The molecule has 1 aliphatic heterocycles. The molecule has 0 aromatic heterocycles. The number of nitrogens with zero attached hydrogens (tertiary/aromatic N) is 1. The van der Waals surface area contributed by atoms with Crippen LogP contribution >= 0.6 is 0 Å². The summed E-state index contributed by atoms with van der Waals surface area (Å²) in [6.07, 6.45) is 1.42. The van der Waals surface area contributed by atoms with E-state index in [9.17, 15) is 9.59 Å². The molecule has 1 saturated heterocycles. The van der Waals surface area contributed by atoms with E-state index in [1.807, 2.05) is 13.8 Å². The van der Waals surface area contributed by atoms with Crippen LogP contribution in [0.15, 0.2) is 0 Å². The van der Waals surface area contributed by atoms with E-state index in [0.717, 1.165) is 0 Å². The van der Waals surface area contributed by atoms with Crippen molar-refractivity contribution in [2.24, 2.45) is 5.73 Å². The van der Waals surface area contributed by atoms with E-state index in [4.69, 9.17) is 10.5 Å². The van der Waals surface area contributed by atoms with Gasteiger partial charge in [0.2, 0.25) is 11.8 Å². The lowest BCUT2D eigenvalue weighted by molar-refractivity contribution is -0.150. The maximum absolute atomic E-state index is 12.2. The monoisotopic (exact) mass is 255 g/mol. The van der Waals surface area contributed by atoms with Gasteiger partial charge in [0.15, 0.2) is 0 Å². The number of nitrogens with two attached hydrogens (primary N) is 1. The molecule has 0 aromatic rings. The van der Waals surface area contributed by atoms with Crippen molar-refractivity contribution >= 4 is 11.8 Å². The van der Waals surface area contributed by atoms with Crippen molar-refractivity contribution in [2.75, 3.05) is 19.8 Å². The van der Waals surface area contributed by atoms with Crippen LogP contribution in [0, 0.1) is 0 Å². The molecule has 0 spiro atoms. The molecule has 0 aromatic carbocycles. The first-order valence-corrected chi connectivity index (χ1v) is 6.42. The smallest absolute Gasteiger partial charge is 0.245 e. The van der Waals surface area contributed by atoms with Crippen molar-refractivity contribution in [3.63, 3.8) is 0 Å². The third-order valence-electron chi connectivity index (χ3n) is 3.34. The molecule has 0 bridgehead atoms. The van der Waals surface area contributed by atoms with Gasteiger partial charge in [0, 0.05) is 12.6 Å². The van der Waals surface area contributed by atoms with Gasteiger partial charge in [0.1, 0.15) is 6.04 Å². The molecule has 2 aliphatic rings. The number of ether oxygens (including phenoxy) is 1. The number of hydrogen-bond donors (Lipinski definition) is 2. The van der Waals surface area contributed by atoms with Gasteiger partial charge in [-0.1, -0.05) is 0 Å². The van der Waals surface area contributed by atoms with E-state index >= 15 is 0 Å². The van der Waals surface area contributed by atoms with Crippen molar-refractivity contribution in [3.8, 4) is 0 Å². The predicted molar refractivity (Wildman–Crippen MR) is 65.8 cm³/mol. The maximum Gasteiger partial charge on any atom is 0.245 e. The first-order valence-electron chi connectivity index (χ1n) is 6.42. The normalized spacial score (nSPS) is 26.0. The van der Waals surface area contributed by atoms with E-state index in [0.29, 0.717) is 26.0 Å². The molecule has 1 aliphatic carbocycles. The van der Waals surface area contributed by atoms with Gasteiger partial charge in [-0.2, -0.15) is 0 Å². The van der Waals surface area contributed by atoms with Gasteiger partial charge >= 0.3 is 0 Å². The number of hydrogen-bond acceptors (Lipinski definition) is 4. The number of amides is 2. The van der Waals surface area contributed by atoms with Crippen molar-refractivity contribution in [1.29, 1.82) is 0 Å². The molecule has 0 radical (unpaired) electrons. The van der Waals surface area contributed by atoms with Crippen LogP contribution in [-0.4, -0.2) is 54.1 Å². The zero-order chi connectivity index (χ0) is 13.3. The minimum atomic E-state index is -0.728. The Balaban J connectivity index is 2.06. The molecular formula is C12H21N3O3. The Morgan fingerprint density at radius 3 is 2.67 bits per heavy atom. The topological polar surface area (TPSA) is 84.7 Å². The number of carbonyl (C=O) groups excluding carboxylic acids is 2. The fraction of sp³-hybridized carbons (Fsp3) is 0.833. The standard InChI is InChI=1S/C12H21N3O3/c1-8(2)14-10(16)9-7-18-6-5-15(9)11(17)12(13)3-4-12/h8-9H,3-7,13H2,1-2H3,(H,14,16). The second-order valence-corrected chi connectivity index (χ2v) is 5.41. The van der Waals surface area contributed by atoms with Crippen LogP contribution in [0.4, 0.5) is 0 Å². The zero-order valence-corrected chi connectivity index (χ0v) is 10.9. The van der Waals surface area contributed by atoms with Crippen LogP contribution in [0.3, 0.4) is 0 Å². The lowest BCUT2D eigenvalue weighted by Gasteiger charge is -2.36. The van der Waals surface area contributed by atoms with Crippen molar-refractivity contribution < 1.29 is 14.3 Å². The van der Waals surface area contributed by atoms with Gasteiger partial charge in [-0.15, -0.1) is 0 Å². The third kappa shape index (κ3) is 2.64. The molecule has 2 amide bonds. The molecule has 1 heterocycles. The number of morpholine rings is 1. The average Bonchev–Trinajstić information content (AvgIpc) is 3.07. The van der Waals surface area contributed by atoms with Gasteiger partial charge in [0.05, 0.1) is 18.8 Å². The minimum Gasteiger partial charge on any atom is -0.377 e. The first kappa shape index (κ1) is 13.3. The van der Waals surface area contributed by atoms with E-state index in [2.05, 4.69) is 5.32 Å². The van der Waals surface area contributed by atoms with Crippen LogP contribution < -0.4 is 11.1 Å². The van der Waals surface area contributed by atoms with Crippen LogP contribution in [0.2, 0.25) is 0 Å². The summed E-state index contributed by atoms with van der Waals surface area (Å²) in [6, 6.07) is -0.501. The Morgan fingerprint density at radius 2 is 2.11 bits per heavy atom. The molecule has 1 atom stereocenters. The molecule has 6 heteroatoms. The van der Waals surface area contributed by atoms with Gasteiger partial charge in [-0.3, -0.25) is 9.59 Å². The highest BCUT2D eigenvalue weighted by Gasteiger charge is 2.50. The van der Waals surface area contributed by atoms with E-state index in [-0.39, 0.29) is 24.5 Å². The van der Waals surface area contributed by atoms with Crippen LogP contribution in [0.5, 0.6) is 0 Å².